The van der Waals surface area contributed by atoms with Crippen molar-refractivity contribution in [1.82, 2.24) is 24.7 Å². The van der Waals surface area contributed by atoms with E-state index >= 15 is 0 Å². The summed E-state index contributed by atoms with van der Waals surface area (Å²) in [7, 11) is 4.05. The fourth-order valence-corrected chi connectivity index (χ4v) is 5.30. The van der Waals surface area contributed by atoms with Crippen molar-refractivity contribution in [2.75, 3.05) is 57.5 Å². The van der Waals surface area contributed by atoms with Crippen LogP contribution in [-0.4, -0.2) is 89.4 Å². The molecule has 2 N–H and O–H groups in total. The number of hydrogen-bond acceptors (Lipinski definition) is 8. The zero-order valence-corrected chi connectivity index (χ0v) is 24.8. The molecule has 1 saturated heterocycles. The fraction of sp³-hybridized carbons (Fsp3) is 0.333. The molecule has 5 rings (SSSR count). The van der Waals surface area contributed by atoms with Crippen LogP contribution in [0.2, 0.25) is 0 Å². The number of aromatic nitrogens is 2. The number of benzene rings is 2. The second kappa shape index (κ2) is 14.1. The summed E-state index contributed by atoms with van der Waals surface area (Å²) in [5.41, 5.74) is 4.19. The first kappa shape index (κ1) is 29.9. The Morgan fingerprint density at radius 3 is 2.88 bits per heavy atom. The number of ether oxygens (including phenoxy) is 1. The monoisotopic (exact) mass is 581 g/mol. The van der Waals surface area contributed by atoms with Crippen LogP contribution in [0.5, 0.6) is 5.75 Å². The molecule has 2 aliphatic rings. The predicted molar refractivity (Wildman–Crippen MR) is 169 cm³/mol. The molecule has 3 heterocycles. The third kappa shape index (κ3) is 8.27. The highest BCUT2D eigenvalue weighted by molar-refractivity contribution is 5.92. The van der Waals surface area contributed by atoms with Gasteiger partial charge in [0.15, 0.2) is 0 Å². The molecule has 1 atom stereocenters. The van der Waals surface area contributed by atoms with Crippen molar-refractivity contribution >= 4 is 29.1 Å². The van der Waals surface area contributed by atoms with Gasteiger partial charge < -0.3 is 20.3 Å². The van der Waals surface area contributed by atoms with Gasteiger partial charge in [0, 0.05) is 68.3 Å². The molecule has 2 aliphatic heterocycles. The number of amides is 2. The van der Waals surface area contributed by atoms with Gasteiger partial charge in [-0.1, -0.05) is 30.9 Å². The highest BCUT2D eigenvalue weighted by Crippen LogP contribution is 2.26. The summed E-state index contributed by atoms with van der Waals surface area (Å²) in [6.45, 7) is 7.46. The van der Waals surface area contributed by atoms with Crippen LogP contribution >= 0.6 is 0 Å². The number of nitrogens with zero attached hydrogens (tertiary/aromatic N) is 5. The number of fused-ring (bicyclic) bond motifs is 7. The van der Waals surface area contributed by atoms with Gasteiger partial charge in [-0.15, -0.1) is 0 Å². The Morgan fingerprint density at radius 2 is 2.02 bits per heavy atom. The third-order valence-corrected chi connectivity index (χ3v) is 7.59. The molecule has 10 heteroatoms. The summed E-state index contributed by atoms with van der Waals surface area (Å²) in [5.74, 6) is 1.03. The maximum atomic E-state index is 13.2. The molecule has 6 bridgehead atoms. The summed E-state index contributed by atoms with van der Waals surface area (Å²) < 4.78 is 5.96. The molecule has 0 saturated carbocycles. The molecule has 1 fully saturated rings. The van der Waals surface area contributed by atoms with Crippen molar-refractivity contribution in [1.29, 1.82) is 0 Å². The van der Waals surface area contributed by atoms with Crippen LogP contribution in [0.1, 0.15) is 18.4 Å². The van der Waals surface area contributed by atoms with Crippen LogP contribution < -0.4 is 15.4 Å². The van der Waals surface area contributed by atoms with Gasteiger partial charge in [0.2, 0.25) is 17.8 Å². The summed E-state index contributed by atoms with van der Waals surface area (Å²) in [4.78, 5) is 40.7. The first-order chi connectivity index (χ1) is 20.9. The van der Waals surface area contributed by atoms with E-state index in [4.69, 9.17) is 9.72 Å². The average molecular weight is 582 g/mol. The first-order valence-corrected chi connectivity index (χ1v) is 14.6. The quantitative estimate of drug-likeness (QED) is 0.347. The predicted octanol–water partition coefficient (Wildman–Crippen LogP) is 4.31. The van der Waals surface area contributed by atoms with Crippen LogP contribution in [0.25, 0.3) is 11.3 Å². The fourth-order valence-electron chi connectivity index (χ4n) is 5.30. The molecule has 2 aromatic carbocycles. The van der Waals surface area contributed by atoms with E-state index in [1.165, 1.54) is 6.08 Å². The number of nitrogens with one attached hydrogen (secondary N) is 2. The molecule has 224 valence electrons. The van der Waals surface area contributed by atoms with Crippen molar-refractivity contribution < 1.29 is 14.3 Å². The van der Waals surface area contributed by atoms with Crippen molar-refractivity contribution in [2.24, 2.45) is 0 Å². The minimum Gasteiger partial charge on any atom is -0.493 e. The summed E-state index contributed by atoms with van der Waals surface area (Å²) in [5, 5.41) is 6.43. The number of hydrogen-bond donors (Lipinski definition) is 2. The van der Waals surface area contributed by atoms with Crippen LogP contribution in [0, 0.1) is 0 Å². The second-order valence-electron chi connectivity index (χ2n) is 11.0. The highest BCUT2D eigenvalue weighted by atomic mass is 16.5. The van der Waals surface area contributed by atoms with Gasteiger partial charge in [-0.2, -0.15) is 0 Å². The summed E-state index contributed by atoms with van der Waals surface area (Å²) >= 11 is 0. The SMILES string of the molecule is C=CC(=O)N1CCN(C)C(CC(=O)Nc2cc3cc(c2)Nc2nccc(n2)-c2cccc(c2)OCC/C=C/CN(C)C3)C1. The van der Waals surface area contributed by atoms with E-state index in [9.17, 15) is 9.59 Å². The molecule has 1 unspecified atom stereocenters. The number of carbonyl (C=O) groups excluding carboxylic acids is 2. The number of piperazine rings is 1. The van der Waals surface area contributed by atoms with Gasteiger partial charge in [0.1, 0.15) is 5.75 Å². The molecule has 0 radical (unpaired) electrons. The Labute approximate surface area is 253 Å². The standard InChI is InChI=1S/C33H39N7O3/c1-4-32(42)40-15-14-39(3)28(23-40)21-31(41)35-26-17-24-18-27(20-26)36-33-34-12-11-30(37-33)25-9-8-10-29(19-25)43-16-7-5-6-13-38(2)22-24/h4-6,8-12,17-20,28H,1,7,13-16,21-23H2,2-3H3,(H,35,41)(H,34,36,37)/b6-5+. The second-order valence-corrected chi connectivity index (χ2v) is 11.0. The van der Waals surface area contributed by atoms with Gasteiger partial charge in [-0.05, 0) is 68.6 Å². The normalized spacial score (nSPS) is 18.7. The van der Waals surface area contributed by atoms with Crippen molar-refractivity contribution in [3.63, 3.8) is 0 Å². The first-order valence-electron chi connectivity index (χ1n) is 14.6. The van der Waals surface area contributed by atoms with Crippen molar-refractivity contribution in [3.05, 3.63) is 85.1 Å². The third-order valence-electron chi connectivity index (χ3n) is 7.59. The van der Waals surface area contributed by atoms with E-state index in [2.05, 4.69) is 57.3 Å². The molecule has 1 aromatic heterocycles. The molecule has 2 amide bonds. The maximum Gasteiger partial charge on any atom is 0.246 e. The molecular weight excluding hydrogens is 542 g/mol. The minimum absolute atomic E-state index is 0.0803. The van der Waals surface area contributed by atoms with E-state index in [-0.39, 0.29) is 24.3 Å². The number of carbonyl (C=O) groups is 2. The van der Waals surface area contributed by atoms with Gasteiger partial charge in [-0.3, -0.25) is 19.4 Å². The smallest absolute Gasteiger partial charge is 0.246 e. The summed E-state index contributed by atoms with van der Waals surface area (Å²) in [6.07, 6.45) is 8.41. The van der Waals surface area contributed by atoms with Crippen molar-refractivity contribution in [2.45, 2.75) is 25.4 Å². The zero-order chi connectivity index (χ0) is 30.2. The van der Waals surface area contributed by atoms with E-state index in [1.807, 2.05) is 49.5 Å². The lowest BCUT2D eigenvalue weighted by Gasteiger charge is -2.38. The van der Waals surface area contributed by atoms with E-state index in [0.29, 0.717) is 44.4 Å². The van der Waals surface area contributed by atoms with Gasteiger partial charge in [0.25, 0.3) is 0 Å². The molecule has 10 nitrogen and oxygen atoms in total. The van der Waals surface area contributed by atoms with Gasteiger partial charge >= 0.3 is 0 Å². The summed E-state index contributed by atoms with van der Waals surface area (Å²) in [6, 6.07) is 15.6. The van der Waals surface area contributed by atoms with E-state index < -0.39 is 0 Å². The topological polar surface area (TPSA) is 103 Å². The largest absolute Gasteiger partial charge is 0.493 e. The molecule has 43 heavy (non-hydrogen) atoms. The Balaban J connectivity index is 1.38. The molecule has 0 spiro atoms. The lowest BCUT2D eigenvalue weighted by Crippen LogP contribution is -2.53. The van der Waals surface area contributed by atoms with E-state index in [1.54, 1.807) is 11.1 Å². The van der Waals surface area contributed by atoms with Crippen molar-refractivity contribution in [3.8, 4) is 17.0 Å². The highest BCUT2D eigenvalue weighted by Gasteiger charge is 2.28. The Kier molecular flexibility index (Phi) is 9.81. The van der Waals surface area contributed by atoms with Crippen LogP contribution in [0.3, 0.4) is 0 Å². The molecule has 3 aromatic rings. The average Bonchev–Trinajstić information content (AvgIpc) is 2.99. The van der Waals surface area contributed by atoms with E-state index in [0.717, 1.165) is 41.2 Å². The number of rotatable bonds is 4. The maximum absolute atomic E-state index is 13.2. The lowest BCUT2D eigenvalue weighted by atomic mass is 10.1. The van der Waals surface area contributed by atoms with Crippen LogP contribution in [0.15, 0.2) is 79.5 Å². The Bertz CT molecular complexity index is 1490. The zero-order valence-electron chi connectivity index (χ0n) is 24.8. The molecular formula is C33H39N7O3. The number of likely N-dealkylation sites (N-methyl/N-ethyl adjacent to an activating group) is 2. The van der Waals surface area contributed by atoms with Crippen LogP contribution in [-0.2, 0) is 16.1 Å². The molecule has 0 aliphatic carbocycles. The number of anilines is 3. The van der Waals surface area contributed by atoms with Gasteiger partial charge in [-0.25, -0.2) is 9.97 Å². The minimum atomic E-state index is -0.112. The lowest BCUT2D eigenvalue weighted by molar-refractivity contribution is -0.130. The van der Waals surface area contributed by atoms with Gasteiger partial charge in [0.05, 0.1) is 12.3 Å². The Morgan fingerprint density at radius 1 is 1.14 bits per heavy atom. The van der Waals surface area contributed by atoms with Crippen LogP contribution in [0.4, 0.5) is 17.3 Å². The Hall–Kier alpha value is -4.54.